The van der Waals surface area contributed by atoms with Gasteiger partial charge in [0.15, 0.2) is 11.6 Å². The summed E-state index contributed by atoms with van der Waals surface area (Å²) in [5.41, 5.74) is 11.5. The Balaban J connectivity index is 1.08. The lowest BCUT2D eigenvalue weighted by Crippen LogP contribution is -2.07. The number of furan rings is 2. The molecule has 0 saturated heterocycles. The fourth-order valence-corrected chi connectivity index (χ4v) is 8.39. The van der Waals surface area contributed by atoms with Crippen LogP contribution in [0.25, 0.3) is 117 Å². The third-order valence-electron chi connectivity index (χ3n) is 11.1. The predicted molar refractivity (Wildman–Crippen MR) is 230 cm³/mol. The number of aromatic nitrogens is 4. The van der Waals surface area contributed by atoms with Gasteiger partial charge in [-0.2, -0.15) is 9.97 Å². The van der Waals surface area contributed by atoms with Crippen LogP contribution in [0.4, 0.5) is 0 Å². The van der Waals surface area contributed by atoms with Gasteiger partial charge in [-0.05, 0) is 65.2 Å². The van der Waals surface area contributed by atoms with E-state index in [1.54, 1.807) is 0 Å². The molecule has 0 spiro atoms. The summed E-state index contributed by atoms with van der Waals surface area (Å²) in [6.07, 6.45) is 0. The van der Waals surface area contributed by atoms with Crippen molar-refractivity contribution in [2.75, 3.05) is 0 Å². The largest absolute Gasteiger partial charge is 0.456 e. The first-order valence-electron chi connectivity index (χ1n) is 19.0. The van der Waals surface area contributed by atoms with E-state index in [1.807, 2.05) is 60.7 Å². The zero-order valence-corrected chi connectivity index (χ0v) is 30.4. The molecule has 0 radical (unpaired) electrons. The van der Waals surface area contributed by atoms with Crippen LogP contribution in [-0.4, -0.2) is 19.5 Å². The van der Waals surface area contributed by atoms with Crippen LogP contribution in [0.2, 0.25) is 0 Å². The molecule has 0 aliphatic carbocycles. The van der Waals surface area contributed by atoms with Crippen LogP contribution < -0.4 is 0 Å². The quantitative estimate of drug-likeness (QED) is 0.176. The van der Waals surface area contributed by atoms with E-state index >= 15 is 0 Å². The van der Waals surface area contributed by atoms with E-state index in [1.165, 1.54) is 0 Å². The fourth-order valence-electron chi connectivity index (χ4n) is 8.39. The third-order valence-corrected chi connectivity index (χ3v) is 11.1. The molecule has 4 heterocycles. The topological polar surface area (TPSA) is 69.9 Å². The number of para-hydroxylation sites is 3. The number of hydrogen-bond acceptors (Lipinski definition) is 5. The first-order valence-corrected chi connectivity index (χ1v) is 19.0. The van der Waals surface area contributed by atoms with Crippen molar-refractivity contribution < 1.29 is 8.83 Å². The minimum atomic E-state index is 0.533. The average molecular weight is 731 g/mol. The zero-order valence-electron chi connectivity index (χ0n) is 30.4. The molecular weight excluding hydrogens is 701 g/mol. The second-order valence-corrected chi connectivity index (χ2v) is 14.4. The molecule has 0 amide bonds. The van der Waals surface area contributed by atoms with Gasteiger partial charge in [0.05, 0.1) is 11.0 Å². The van der Waals surface area contributed by atoms with Crippen molar-refractivity contribution in [3.8, 4) is 51.0 Å². The zero-order chi connectivity index (χ0) is 37.5. The Bertz CT molecular complexity index is 3530. The van der Waals surface area contributed by atoms with Crippen LogP contribution in [0, 0.1) is 0 Å². The number of rotatable bonds is 5. The van der Waals surface area contributed by atoms with Crippen molar-refractivity contribution in [1.29, 1.82) is 0 Å². The SMILES string of the molecule is c1ccc(-c2ccc3c(c2)oc2ccc(-c4cccc5c6ccccc6n(-c6nc(-c7ccccc7)nc(-c7ccc8c(c7)oc7ccccc78)n6)c45)cc23)cc1. The summed E-state index contributed by atoms with van der Waals surface area (Å²) < 4.78 is 15.0. The predicted octanol–water partition coefficient (Wildman–Crippen LogP) is 13.4. The van der Waals surface area contributed by atoms with Crippen LogP contribution in [0.3, 0.4) is 0 Å². The van der Waals surface area contributed by atoms with Gasteiger partial charge in [0.25, 0.3) is 0 Å². The Morgan fingerprint density at radius 3 is 1.72 bits per heavy atom. The Morgan fingerprint density at radius 2 is 0.912 bits per heavy atom. The molecule has 0 bridgehead atoms. The van der Waals surface area contributed by atoms with E-state index in [2.05, 4.69) is 126 Å². The van der Waals surface area contributed by atoms with Crippen molar-refractivity contribution >= 4 is 65.7 Å². The first kappa shape index (κ1) is 31.5. The summed E-state index contributed by atoms with van der Waals surface area (Å²) in [5.74, 6) is 1.68. The Kier molecular flexibility index (Phi) is 6.83. The summed E-state index contributed by atoms with van der Waals surface area (Å²) in [7, 11) is 0. The van der Waals surface area contributed by atoms with Gasteiger partial charge in [-0.3, -0.25) is 4.57 Å². The van der Waals surface area contributed by atoms with Crippen LogP contribution in [0.1, 0.15) is 0 Å². The standard InChI is InChI=1S/C51H30N4O2/c1-3-12-31(13-4-1)33-22-25-40-42-28-34(24-27-45(42)57-46(40)29-33)36-18-11-19-41-37-16-7-9-20-43(37)55(48(36)41)51-53-49(32-14-5-2-6-15-32)52-50(54-51)35-23-26-39-38-17-8-10-21-44(38)56-47(39)30-35/h1-30H. The summed E-state index contributed by atoms with van der Waals surface area (Å²) in [4.78, 5) is 15.6. The van der Waals surface area contributed by atoms with Gasteiger partial charge in [-0.15, -0.1) is 0 Å². The van der Waals surface area contributed by atoms with Crippen molar-refractivity contribution in [1.82, 2.24) is 19.5 Å². The molecule has 6 nitrogen and oxygen atoms in total. The first-order chi connectivity index (χ1) is 28.2. The van der Waals surface area contributed by atoms with Gasteiger partial charge in [0, 0.05) is 49.0 Å². The van der Waals surface area contributed by atoms with Gasteiger partial charge in [0.2, 0.25) is 5.95 Å². The molecule has 0 aliphatic heterocycles. The summed E-state index contributed by atoms with van der Waals surface area (Å²) >= 11 is 0. The molecule has 8 aromatic carbocycles. The van der Waals surface area contributed by atoms with Crippen LogP contribution in [-0.2, 0) is 0 Å². The Hall–Kier alpha value is -7.83. The highest BCUT2D eigenvalue weighted by molar-refractivity contribution is 6.15. The van der Waals surface area contributed by atoms with Gasteiger partial charge >= 0.3 is 0 Å². The monoisotopic (exact) mass is 730 g/mol. The minimum absolute atomic E-state index is 0.533. The molecule has 0 atom stereocenters. The molecule has 0 fully saturated rings. The second-order valence-electron chi connectivity index (χ2n) is 14.4. The van der Waals surface area contributed by atoms with E-state index in [-0.39, 0.29) is 0 Å². The minimum Gasteiger partial charge on any atom is -0.456 e. The van der Waals surface area contributed by atoms with E-state index < -0.39 is 0 Å². The molecule has 57 heavy (non-hydrogen) atoms. The molecule has 6 heteroatoms. The van der Waals surface area contributed by atoms with Crippen molar-refractivity contribution in [3.63, 3.8) is 0 Å². The lowest BCUT2D eigenvalue weighted by molar-refractivity contribution is 0.668. The number of fused-ring (bicyclic) bond motifs is 9. The Labute approximate surface area is 325 Å². The third kappa shape index (κ3) is 5.01. The summed E-state index contributed by atoms with van der Waals surface area (Å²) in [6.45, 7) is 0. The molecule has 0 N–H and O–H groups in total. The average Bonchev–Trinajstić information content (AvgIpc) is 3.95. The van der Waals surface area contributed by atoms with Gasteiger partial charge < -0.3 is 8.83 Å². The van der Waals surface area contributed by atoms with Crippen molar-refractivity contribution in [3.05, 3.63) is 182 Å². The molecule has 0 unspecified atom stereocenters. The van der Waals surface area contributed by atoms with Crippen LogP contribution in [0.5, 0.6) is 0 Å². The molecule has 266 valence electrons. The van der Waals surface area contributed by atoms with Crippen molar-refractivity contribution in [2.45, 2.75) is 0 Å². The van der Waals surface area contributed by atoms with E-state index in [4.69, 9.17) is 23.8 Å². The molecule has 12 aromatic rings. The van der Waals surface area contributed by atoms with Crippen LogP contribution >= 0.6 is 0 Å². The highest BCUT2D eigenvalue weighted by Gasteiger charge is 2.21. The Morgan fingerprint density at radius 1 is 0.333 bits per heavy atom. The molecule has 12 rings (SSSR count). The molecule has 0 saturated carbocycles. The lowest BCUT2D eigenvalue weighted by atomic mass is 9.99. The number of hydrogen-bond donors (Lipinski definition) is 0. The van der Waals surface area contributed by atoms with E-state index in [0.29, 0.717) is 17.6 Å². The normalized spacial score (nSPS) is 11.9. The second kappa shape index (κ2) is 12.3. The fraction of sp³-hybridized carbons (Fsp3) is 0. The molecular formula is C51H30N4O2. The lowest BCUT2D eigenvalue weighted by Gasteiger charge is -2.13. The van der Waals surface area contributed by atoms with Gasteiger partial charge in [0.1, 0.15) is 22.3 Å². The van der Waals surface area contributed by atoms with Gasteiger partial charge in [-0.25, -0.2) is 4.98 Å². The van der Waals surface area contributed by atoms with Crippen molar-refractivity contribution in [2.24, 2.45) is 0 Å². The maximum absolute atomic E-state index is 6.45. The summed E-state index contributed by atoms with van der Waals surface area (Å²) in [5, 5.41) is 6.51. The maximum Gasteiger partial charge on any atom is 0.238 e. The summed E-state index contributed by atoms with van der Waals surface area (Å²) in [6, 6.07) is 62.8. The van der Waals surface area contributed by atoms with E-state index in [0.717, 1.165) is 99.1 Å². The maximum atomic E-state index is 6.45. The van der Waals surface area contributed by atoms with Gasteiger partial charge in [-0.1, -0.05) is 133 Å². The van der Waals surface area contributed by atoms with E-state index in [9.17, 15) is 0 Å². The highest BCUT2D eigenvalue weighted by Crippen LogP contribution is 2.41. The molecule has 4 aromatic heterocycles. The van der Waals surface area contributed by atoms with Crippen LogP contribution in [0.15, 0.2) is 191 Å². The number of benzene rings is 8. The highest BCUT2D eigenvalue weighted by atomic mass is 16.3. The molecule has 0 aliphatic rings. The number of nitrogens with zero attached hydrogens (tertiary/aromatic N) is 4. The smallest absolute Gasteiger partial charge is 0.238 e.